The Morgan fingerprint density at radius 3 is 1.45 bits per heavy atom. The van der Waals surface area contributed by atoms with E-state index in [4.69, 9.17) is 4.18 Å². The lowest BCUT2D eigenvalue weighted by molar-refractivity contribution is -0.0000100. The summed E-state index contributed by atoms with van der Waals surface area (Å²) in [5, 5.41) is 0. The van der Waals surface area contributed by atoms with Crippen molar-refractivity contribution in [2.75, 3.05) is 29.6 Å². The number of unbranched alkanes of at least 4 members (excludes halogenated alkanes) is 13. The van der Waals surface area contributed by atoms with E-state index in [-0.39, 0.29) is 18.2 Å². The van der Waals surface area contributed by atoms with Gasteiger partial charge < -0.3 is 12.4 Å². The van der Waals surface area contributed by atoms with E-state index in [2.05, 4.69) is 20.8 Å². The number of hydrogen-bond donors (Lipinski definition) is 0. The Labute approximate surface area is 192 Å². The molecule has 29 heavy (non-hydrogen) atoms. The molecule has 0 aliphatic rings. The minimum atomic E-state index is -3.31. The highest BCUT2D eigenvalue weighted by atomic mass is 35.5. The van der Waals surface area contributed by atoms with E-state index in [9.17, 15) is 8.42 Å². The first-order valence-corrected chi connectivity index (χ1v) is 15.4. The van der Waals surface area contributed by atoms with Crippen LogP contribution in [0.4, 0.5) is 0 Å². The summed E-state index contributed by atoms with van der Waals surface area (Å²) in [6, 6.07) is 0. The van der Waals surface area contributed by atoms with Crippen LogP contribution in [0.3, 0.4) is 0 Å². The molecule has 0 saturated carbocycles. The first kappa shape index (κ1) is 31.7. The largest absolute Gasteiger partial charge is 1.00 e. The molecule has 0 aliphatic heterocycles. The molecular formula is C23H49ClO3S2. The molecule has 0 rings (SSSR count). The molecule has 3 nitrogen and oxygen atoms in total. The summed E-state index contributed by atoms with van der Waals surface area (Å²) >= 11 is 0. The van der Waals surface area contributed by atoms with Crippen LogP contribution < -0.4 is 12.4 Å². The second-order valence-corrected chi connectivity index (χ2v) is 12.5. The third-order valence-electron chi connectivity index (χ3n) is 5.40. The molecule has 0 bridgehead atoms. The zero-order chi connectivity index (χ0) is 20.9. The molecule has 0 heterocycles. The van der Waals surface area contributed by atoms with E-state index in [1.54, 1.807) is 0 Å². The van der Waals surface area contributed by atoms with Crippen LogP contribution in [0.1, 0.15) is 117 Å². The first-order valence-electron chi connectivity index (χ1n) is 12.1. The molecule has 0 unspecified atom stereocenters. The molecule has 6 heteroatoms. The van der Waals surface area contributed by atoms with E-state index in [0.717, 1.165) is 36.5 Å². The molecule has 0 atom stereocenters. The molecule has 178 valence electrons. The van der Waals surface area contributed by atoms with Gasteiger partial charge in [0.1, 0.15) is 17.3 Å². The standard InChI is InChI=1S/C23H49O3S2.ClH/c1-4-7-8-9-10-11-12-13-14-15-16-17-18-19-21-26-28(24,25)23-20-22-27(5-2)6-3;/h4-23H2,1-3H3;1H/q+1;/p-1. The maximum atomic E-state index is 11.9. The van der Waals surface area contributed by atoms with Gasteiger partial charge in [-0.05, 0) is 31.2 Å². The van der Waals surface area contributed by atoms with E-state index >= 15 is 0 Å². The zero-order valence-electron chi connectivity index (χ0n) is 19.6. The van der Waals surface area contributed by atoms with Gasteiger partial charge >= 0.3 is 0 Å². The van der Waals surface area contributed by atoms with Crippen LogP contribution in [0.15, 0.2) is 0 Å². The van der Waals surface area contributed by atoms with Crippen LogP contribution in [0.25, 0.3) is 0 Å². The Hall–Kier alpha value is 0.550. The van der Waals surface area contributed by atoms with Crippen molar-refractivity contribution >= 4 is 21.0 Å². The highest BCUT2D eigenvalue weighted by Crippen LogP contribution is 2.13. The van der Waals surface area contributed by atoms with Crippen molar-refractivity contribution in [1.82, 2.24) is 0 Å². The number of hydrogen-bond acceptors (Lipinski definition) is 3. The van der Waals surface area contributed by atoms with Crippen LogP contribution in [-0.2, 0) is 25.2 Å². The van der Waals surface area contributed by atoms with E-state index < -0.39 is 10.1 Å². The fraction of sp³-hybridized carbons (Fsp3) is 1.00. The average Bonchev–Trinajstić information content (AvgIpc) is 2.68. The molecule has 0 aromatic rings. The molecule has 0 aromatic carbocycles. The van der Waals surface area contributed by atoms with Crippen molar-refractivity contribution < 1.29 is 25.0 Å². The highest BCUT2D eigenvalue weighted by molar-refractivity contribution is 7.96. The van der Waals surface area contributed by atoms with E-state index in [1.807, 2.05) is 0 Å². The van der Waals surface area contributed by atoms with Gasteiger partial charge in [0.05, 0.1) is 12.4 Å². The minimum Gasteiger partial charge on any atom is -1.00 e. The maximum Gasteiger partial charge on any atom is 0.267 e. The van der Waals surface area contributed by atoms with Crippen LogP contribution in [-0.4, -0.2) is 38.0 Å². The van der Waals surface area contributed by atoms with Gasteiger partial charge in [0, 0.05) is 6.42 Å². The summed E-state index contributed by atoms with van der Waals surface area (Å²) in [5.74, 6) is 3.54. The second kappa shape index (κ2) is 23.2. The molecule has 0 amide bonds. The quantitative estimate of drug-likeness (QED) is 0.136. The molecule has 0 aliphatic carbocycles. The van der Waals surface area contributed by atoms with Gasteiger partial charge in [-0.2, -0.15) is 8.42 Å². The third kappa shape index (κ3) is 23.0. The first-order chi connectivity index (χ1) is 13.6. The van der Waals surface area contributed by atoms with Crippen molar-refractivity contribution in [2.24, 2.45) is 0 Å². The topological polar surface area (TPSA) is 43.4 Å². The molecule has 0 radical (unpaired) electrons. The molecule has 0 saturated heterocycles. The predicted molar refractivity (Wildman–Crippen MR) is 128 cm³/mol. The van der Waals surface area contributed by atoms with Crippen LogP contribution in [0.5, 0.6) is 0 Å². The van der Waals surface area contributed by atoms with Gasteiger partial charge in [-0.3, -0.25) is 4.18 Å². The van der Waals surface area contributed by atoms with Crippen molar-refractivity contribution in [3.05, 3.63) is 0 Å². The fourth-order valence-corrected chi connectivity index (χ4v) is 6.18. The normalized spacial score (nSPS) is 11.7. The summed E-state index contributed by atoms with van der Waals surface area (Å²) in [5.41, 5.74) is 0. The molecule has 0 aromatic heterocycles. The second-order valence-electron chi connectivity index (χ2n) is 7.93. The average molecular weight is 473 g/mol. The Kier molecular flexibility index (Phi) is 25.4. The maximum absolute atomic E-state index is 11.9. The molecule has 0 spiro atoms. The van der Waals surface area contributed by atoms with Crippen molar-refractivity contribution in [1.29, 1.82) is 0 Å². The van der Waals surface area contributed by atoms with Crippen molar-refractivity contribution in [3.63, 3.8) is 0 Å². The third-order valence-corrected chi connectivity index (χ3v) is 9.22. The molecular weight excluding hydrogens is 424 g/mol. The summed E-state index contributed by atoms with van der Waals surface area (Å²) in [4.78, 5) is 0. The predicted octanol–water partition coefficient (Wildman–Crippen LogP) is 3.87. The van der Waals surface area contributed by atoms with Gasteiger partial charge in [-0.25, -0.2) is 0 Å². The Balaban J connectivity index is 0. The van der Waals surface area contributed by atoms with Crippen molar-refractivity contribution in [2.45, 2.75) is 117 Å². The highest BCUT2D eigenvalue weighted by Gasteiger charge is 2.16. The monoisotopic (exact) mass is 472 g/mol. The Bertz CT molecular complexity index is 412. The zero-order valence-corrected chi connectivity index (χ0v) is 22.0. The Morgan fingerprint density at radius 2 is 1.03 bits per heavy atom. The smallest absolute Gasteiger partial charge is 0.267 e. The lowest BCUT2D eigenvalue weighted by Gasteiger charge is -2.07. The van der Waals surface area contributed by atoms with Gasteiger partial charge in [-0.1, -0.05) is 90.4 Å². The van der Waals surface area contributed by atoms with E-state index in [1.165, 1.54) is 77.0 Å². The lowest BCUT2D eigenvalue weighted by Crippen LogP contribution is -3.00. The van der Waals surface area contributed by atoms with Crippen LogP contribution in [0, 0.1) is 0 Å². The van der Waals surface area contributed by atoms with Gasteiger partial charge in [0.2, 0.25) is 0 Å². The number of rotatable bonds is 22. The van der Waals surface area contributed by atoms with Gasteiger partial charge in [0.25, 0.3) is 10.1 Å². The Morgan fingerprint density at radius 1 is 0.621 bits per heavy atom. The van der Waals surface area contributed by atoms with Gasteiger partial charge in [0.15, 0.2) is 0 Å². The minimum absolute atomic E-state index is 0. The summed E-state index contributed by atoms with van der Waals surface area (Å²) in [6.45, 7) is 7.01. The number of halogens is 1. The summed E-state index contributed by atoms with van der Waals surface area (Å²) < 4.78 is 29.0. The van der Waals surface area contributed by atoms with Crippen LogP contribution in [0.2, 0.25) is 0 Å². The lowest BCUT2D eigenvalue weighted by atomic mass is 10.0. The van der Waals surface area contributed by atoms with Crippen LogP contribution >= 0.6 is 0 Å². The summed E-state index contributed by atoms with van der Waals surface area (Å²) in [7, 11) is -2.92. The van der Waals surface area contributed by atoms with Gasteiger partial charge in [-0.15, -0.1) is 0 Å². The molecule has 0 fully saturated rings. The summed E-state index contributed by atoms with van der Waals surface area (Å²) in [6.07, 6.45) is 19.0. The SMILES string of the molecule is CCCCCCCCCCCCCCCCOS(=O)(=O)CCC[S+](CC)CC.[Cl-]. The fourth-order valence-electron chi connectivity index (χ4n) is 3.47. The van der Waals surface area contributed by atoms with Crippen molar-refractivity contribution in [3.8, 4) is 0 Å². The molecule has 0 N–H and O–H groups in total. The van der Waals surface area contributed by atoms with E-state index in [0.29, 0.717) is 17.5 Å².